The Kier molecular flexibility index (Phi) is 5.80. The Balaban J connectivity index is 2.01. The van der Waals surface area contributed by atoms with Crippen LogP contribution in [0.3, 0.4) is 0 Å². The number of rotatable bonds is 6. The minimum atomic E-state index is -3.44. The molecule has 2 aromatic carbocycles. The molecule has 0 bridgehead atoms. The molecule has 2 aromatic rings. The fourth-order valence-corrected chi connectivity index (χ4v) is 2.80. The molecular weight excluding hydrogens is 355 g/mol. The molecule has 2 rings (SSSR count). The van der Waals surface area contributed by atoms with Gasteiger partial charge in [0.1, 0.15) is 5.82 Å². The Morgan fingerprint density at radius 2 is 1.83 bits per heavy atom. The van der Waals surface area contributed by atoms with Crippen LogP contribution in [0.2, 0.25) is 5.02 Å². The van der Waals surface area contributed by atoms with E-state index in [0.29, 0.717) is 13.0 Å². The van der Waals surface area contributed by atoms with E-state index in [9.17, 15) is 17.6 Å². The van der Waals surface area contributed by atoms with Gasteiger partial charge in [-0.25, -0.2) is 12.8 Å². The van der Waals surface area contributed by atoms with E-state index in [-0.39, 0.29) is 22.1 Å². The van der Waals surface area contributed by atoms with Crippen molar-refractivity contribution >= 4 is 33.2 Å². The number of nitrogens with one attached hydrogen (secondary N) is 2. The quantitative estimate of drug-likeness (QED) is 0.821. The van der Waals surface area contributed by atoms with Crippen molar-refractivity contribution in [1.82, 2.24) is 5.32 Å². The summed E-state index contributed by atoms with van der Waals surface area (Å²) in [5, 5.41) is 2.91. The van der Waals surface area contributed by atoms with Crippen LogP contribution in [0.25, 0.3) is 0 Å². The summed E-state index contributed by atoms with van der Waals surface area (Å²) in [4.78, 5) is 12.2. The van der Waals surface area contributed by atoms with Crippen molar-refractivity contribution in [2.24, 2.45) is 0 Å². The predicted molar refractivity (Wildman–Crippen MR) is 92.4 cm³/mol. The van der Waals surface area contributed by atoms with Gasteiger partial charge in [0, 0.05) is 12.2 Å². The summed E-state index contributed by atoms with van der Waals surface area (Å²) < 4.78 is 37.6. The zero-order valence-corrected chi connectivity index (χ0v) is 14.4. The van der Waals surface area contributed by atoms with Crippen LogP contribution >= 0.6 is 11.6 Å². The van der Waals surface area contributed by atoms with Gasteiger partial charge in [0.2, 0.25) is 10.0 Å². The minimum Gasteiger partial charge on any atom is -0.352 e. The molecule has 0 saturated heterocycles. The van der Waals surface area contributed by atoms with Crippen LogP contribution in [0.1, 0.15) is 15.9 Å². The summed E-state index contributed by atoms with van der Waals surface area (Å²) in [5.74, 6) is -0.732. The molecule has 24 heavy (non-hydrogen) atoms. The van der Waals surface area contributed by atoms with E-state index >= 15 is 0 Å². The Morgan fingerprint density at radius 1 is 1.17 bits per heavy atom. The SMILES string of the molecule is CS(=O)(=O)Nc1ccc(Cl)c(C(=O)NCCc2ccc(F)cc2)c1. The van der Waals surface area contributed by atoms with E-state index in [4.69, 9.17) is 11.6 Å². The normalized spacial score (nSPS) is 11.1. The summed E-state index contributed by atoms with van der Waals surface area (Å²) in [7, 11) is -3.44. The molecule has 0 aliphatic carbocycles. The van der Waals surface area contributed by atoms with Crippen LogP contribution in [0.5, 0.6) is 0 Å². The molecule has 0 spiro atoms. The van der Waals surface area contributed by atoms with Crippen molar-refractivity contribution in [1.29, 1.82) is 0 Å². The van der Waals surface area contributed by atoms with Crippen LogP contribution in [0, 0.1) is 5.82 Å². The van der Waals surface area contributed by atoms with Crippen LogP contribution < -0.4 is 10.0 Å². The molecule has 0 fully saturated rings. The third-order valence-electron chi connectivity index (χ3n) is 3.13. The van der Waals surface area contributed by atoms with E-state index in [1.54, 1.807) is 12.1 Å². The maximum Gasteiger partial charge on any atom is 0.252 e. The third kappa shape index (κ3) is 5.50. The van der Waals surface area contributed by atoms with Gasteiger partial charge in [-0.05, 0) is 42.3 Å². The van der Waals surface area contributed by atoms with Crippen molar-refractivity contribution in [3.63, 3.8) is 0 Å². The Labute approximate surface area is 144 Å². The second-order valence-electron chi connectivity index (χ2n) is 5.20. The Morgan fingerprint density at radius 3 is 2.46 bits per heavy atom. The largest absolute Gasteiger partial charge is 0.352 e. The third-order valence-corrected chi connectivity index (χ3v) is 4.06. The van der Waals surface area contributed by atoms with Gasteiger partial charge in [-0.1, -0.05) is 23.7 Å². The highest BCUT2D eigenvalue weighted by atomic mass is 35.5. The van der Waals surface area contributed by atoms with E-state index in [1.165, 1.54) is 30.3 Å². The lowest BCUT2D eigenvalue weighted by Gasteiger charge is -2.10. The molecule has 0 heterocycles. The average Bonchev–Trinajstić information content (AvgIpc) is 2.49. The number of carbonyl (C=O) groups is 1. The number of halogens is 2. The van der Waals surface area contributed by atoms with E-state index in [1.807, 2.05) is 0 Å². The van der Waals surface area contributed by atoms with E-state index in [2.05, 4.69) is 10.0 Å². The van der Waals surface area contributed by atoms with Gasteiger partial charge >= 0.3 is 0 Å². The Bertz CT molecular complexity index is 839. The number of anilines is 1. The molecule has 0 radical (unpaired) electrons. The molecule has 2 N–H and O–H groups in total. The standard InChI is InChI=1S/C16H16ClFN2O3S/c1-24(22,23)20-13-6-7-15(17)14(10-13)16(21)19-9-8-11-2-4-12(18)5-3-11/h2-7,10,20H,8-9H2,1H3,(H,19,21). The first-order valence-electron chi connectivity index (χ1n) is 7.04. The lowest BCUT2D eigenvalue weighted by atomic mass is 10.1. The van der Waals surface area contributed by atoms with Crippen LogP contribution in [-0.2, 0) is 16.4 Å². The maximum absolute atomic E-state index is 12.8. The lowest BCUT2D eigenvalue weighted by molar-refractivity contribution is 0.0954. The predicted octanol–water partition coefficient (Wildman–Crippen LogP) is 2.82. The van der Waals surface area contributed by atoms with E-state index < -0.39 is 15.9 Å². The summed E-state index contributed by atoms with van der Waals surface area (Å²) in [6, 6.07) is 10.3. The highest BCUT2D eigenvalue weighted by Crippen LogP contribution is 2.21. The number of carbonyl (C=O) groups excluding carboxylic acids is 1. The number of sulfonamides is 1. The smallest absolute Gasteiger partial charge is 0.252 e. The molecular formula is C16H16ClFN2O3S. The number of hydrogen-bond donors (Lipinski definition) is 2. The van der Waals surface area contributed by atoms with Gasteiger partial charge < -0.3 is 5.32 Å². The highest BCUT2D eigenvalue weighted by Gasteiger charge is 2.12. The molecule has 0 aliphatic heterocycles. The Hall–Kier alpha value is -2.12. The van der Waals surface area contributed by atoms with Crippen molar-refractivity contribution in [3.8, 4) is 0 Å². The van der Waals surface area contributed by atoms with Crippen molar-refractivity contribution in [2.75, 3.05) is 17.5 Å². The van der Waals surface area contributed by atoms with Crippen molar-refractivity contribution in [3.05, 3.63) is 64.4 Å². The number of amides is 1. The van der Waals surface area contributed by atoms with Gasteiger partial charge in [-0.15, -0.1) is 0 Å². The molecule has 0 atom stereocenters. The first-order chi connectivity index (χ1) is 11.2. The highest BCUT2D eigenvalue weighted by molar-refractivity contribution is 7.92. The second-order valence-corrected chi connectivity index (χ2v) is 7.36. The first kappa shape index (κ1) is 18.2. The summed E-state index contributed by atoms with van der Waals surface area (Å²) >= 11 is 6.00. The van der Waals surface area contributed by atoms with Crippen LogP contribution in [0.4, 0.5) is 10.1 Å². The first-order valence-corrected chi connectivity index (χ1v) is 9.31. The molecule has 0 unspecified atom stereocenters. The molecule has 8 heteroatoms. The topological polar surface area (TPSA) is 75.3 Å². The summed E-state index contributed by atoms with van der Waals surface area (Å²) in [6.45, 7) is 0.338. The number of benzene rings is 2. The molecule has 0 aliphatic rings. The molecule has 1 amide bonds. The monoisotopic (exact) mass is 370 g/mol. The average molecular weight is 371 g/mol. The molecule has 0 aromatic heterocycles. The molecule has 128 valence electrons. The molecule has 5 nitrogen and oxygen atoms in total. The van der Waals surface area contributed by atoms with Crippen LogP contribution in [-0.4, -0.2) is 27.1 Å². The molecule has 0 saturated carbocycles. The summed E-state index contributed by atoms with van der Waals surface area (Å²) in [6.07, 6.45) is 1.55. The van der Waals surface area contributed by atoms with E-state index in [0.717, 1.165) is 11.8 Å². The van der Waals surface area contributed by atoms with Crippen LogP contribution in [0.15, 0.2) is 42.5 Å². The van der Waals surface area contributed by atoms with Gasteiger partial charge in [-0.3, -0.25) is 9.52 Å². The minimum absolute atomic E-state index is 0.171. The van der Waals surface area contributed by atoms with Gasteiger partial charge in [-0.2, -0.15) is 0 Å². The number of hydrogen-bond acceptors (Lipinski definition) is 3. The maximum atomic E-state index is 12.8. The van der Waals surface area contributed by atoms with Gasteiger partial charge in [0.15, 0.2) is 0 Å². The van der Waals surface area contributed by atoms with Gasteiger partial charge in [0.25, 0.3) is 5.91 Å². The van der Waals surface area contributed by atoms with Gasteiger partial charge in [0.05, 0.1) is 16.8 Å². The fourth-order valence-electron chi connectivity index (χ4n) is 2.04. The zero-order valence-electron chi connectivity index (χ0n) is 12.8. The van der Waals surface area contributed by atoms with Crippen molar-refractivity contribution in [2.45, 2.75) is 6.42 Å². The summed E-state index contributed by atoms with van der Waals surface area (Å²) in [5.41, 5.74) is 1.31. The lowest BCUT2D eigenvalue weighted by Crippen LogP contribution is -2.26. The second kappa shape index (κ2) is 7.63. The fraction of sp³-hybridized carbons (Fsp3) is 0.188. The zero-order chi connectivity index (χ0) is 17.7. The van der Waals surface area contributed by atoms with Crippen molar-refractivity contribution < 1.29 is 17.6 Å².